The summed E-state index contributed by atoms with van der Waals surface area (Å²) in [6, 6.07) is 18.5. The van der Waals surface area contributed by atoms with Gasteiger partial charge in [0.2, 0.25) is 0 Å². The Morgan fingerprint density at radius 2 is 1.85 bits per heavy atom. The number of nitrogens with one attached hydrogen (secondary N) is 1. The minimum Gasteiger partial charge on any atom is -0.457 e. The molecule has 5 nitrogen and oxygen atoms in total. The number of hydrogen-bond donors (Lipinski definition) is 2. The lowest BCUT2D eigenvalue weighted by Crippen LogP contribution is -2.53. The number of nitrogens with zero attached hydrogens (tertiary/aromatic N) is 1. The van der Waals surface area contributed by atoms with Crippen molar-refractivity contribution in [2.45, 2.75) is 56.6 Å². The number of aliphatic hydroxyl groups is 1. The average molecular weight is 453 g/mol. The number of ether oxygens (including phenoxy) is 2. The Labute approximate surface area is 199 Å². The number of para-hydroxylation sites is 2. The van der Waals surface area contributed by atoms with Crippen LogP contribution in [0.25, 0.3) is 0 Å². The molecule has 2 heterocycles. The number of rotatable bonds is 10. The van der Waals surface area contributed by atoms with Crippen molar-refractivity contribution >= 4 is 0 Å². The summed E-state index contributed by atoms with van der Waals surface area (Å²) in [6.07, 6.45) is 7.24. The highest BCUT2D eigenvalue weighted by molar-refractivity contribution is 5.42. The number of piperidine rings is 2. The lowest BCUT2D eigenvalue weighted by molar-refractivity contribution is -0.0698. The normalized spacial score (nSPS) is 23.7. The van der Waals surface area contributed by atoms with E-state index in [2.05, 4.69) is 16.3 Å². The molecule has 2 aromatic carbocycles. The van der Waals surface area contributed by atoms with Crippen molar-refractivity contribution in [3.63, 3.8) is 0 Å². The lowest BCUT2D eigenvalue weighted by atomic mass is 9.73. The van der Waals surface area contributed by atoms with Gasteiger partial charge in [-0.05, 0) is 76.2 Å². The zero-order chi connectivity index (χ0) is 22.9. The predicted molar refractivity (Wildman–Crippen MR) is 133 cm³/mol. The highest BCUT2D eigenvalue weighted by atomic mass is 16.5. The Hall–Kier alpha value is -1.92. The molecule has 180 valence electrons. The third-order valence-electron chi connectivity index (χ3n) is 7.40. The van der Waals surface area contributed by atoms with Crippen LogP contribution in [0.2, 0.25) is 0 Å². The molecule has 4 rings (SSSR count). The number of likely N-dealkylation sites (tertiary alicyclic amines) is 1. The van der Waals surface area contributed by atoms with Crippen molar-refractivity contribution in [2.75, 3.05) is 39.9 Å². The second-order valence-electron chi connectivity index (χ2n) is 9.62. The van der Waals surface area contributed by atoms with Crippen LogP contribution in [0, 0.1) is 5.92 Å². The van der Waals surface area contributed by atoms with Crippen LogP contribution < -0.4 is 10.1 Å². The second kappa shape index (κ2) is 12.0. The van der Waals surface area contributed by atoms with Crippen molar-refractivity contribution in [3.05, 3.63) is 60.2 Å². The highest BCUT2D eigenvalue weighted by Crippen LogP contribution is 2.44. The summed E-state index contributed by atoms with van der Waals surface area (Å²) >= 11 is 0. The van der Waals surface area contributed by atoms with Crippen LogP contribution in [-0.2, 0) is 10.3 Å². The molecule has 0 amide bonds. The zero-order valence-electron chi connectivity index (χ0n) is 20.0. The first kappa shape index (κ1) is 24.2. The van der Waals surface area contributed by atoms with E-state index in [1.165, 1.54) is 12.8 Å². The van der Waals surface area contributed by atoms with Crippen LogP contribution in [0.5, 0.6) is 11.5 Å². The molecule has 2 N–H and O–H groups in total. The lowest BCUT2D eigenvalue weighted by Gasteiger charge is -2.46. The van der Waals surface area contributed by atoms with Gasteiger partial charge >= 0.3 is 0 Å². The molecule has 0 bridgehead atoms. The molecule has 0 spiro atoms. The Morgan fingerprint density at radius 1 is 1.03 bits per heavy atom. The van der Waals surface area contributed by atoms with Gasteiger partial charge in [0, 0.05) is 44.3 Å². The van der Waals surface area contributed by atoms with E-state index in [4.69, 9.17) is 9.47 Å². The highest BCUT2D eigenvalue weighted by Gasteiger charge is 2.43. The Morgan fingerprint density at radius 3 is 2.64 bits per heavy atom. The van der Waals surface area contributed by atoms with E-state index in [1.54, 1.807) is 7.11 Å². The molecule has 2 aliphatic heterocycles. The van der Waals surface area contributed by atoms with E-state index < -0.39 is 5.60 Å². The number of methoxy groups -OCH3 is 1. The van der Waals surface area contributed by atoms with Crippen LogP contribution in [0.4, 0.5) is 0 Å². The minimum atomic E-state index is -0.931. The maximum atomic E-state index is 12.4. The van der Waals surface area contributed by atoms with Gasteiger partial charge < -0.3 is 19.9 Å². The summed E-state index contributed by atoms with van der Waals surface area (Å²) in [5.74, 6) is 1.73. The standard InChI is InChI=1S/C28H40N2O3/c1-32-20-8-7-17-28(31,23-11-10-19-30(22-23)24-12-9-18-29-21-24)26-15-5-6-16-27(26)33-25-13-3-2-4-14-25/h2-6,13-16,23-24,29,31H,7-12,17-22H2,1H3/t23-,24?,28?/m1/s1. The topological polar surface area (TPSA) is 54.0 Å². The molecule has 2 aliphatic rings. The summed E-state index contributed by atoms with van der Waals surface area (Å²) in [5, 5.41) is 16.0. The van der Waals surface area contributed by atoms with E-state index in [9.17, 15) is 5.11 Å². The third-order valence-corrected chi connectivity index (χ3v) is 7.40. The number of unbranched alkanes of at least 4 members (excludes halogenated alkanes) is 1. The van der Waals surface area contributed by atoms with E-state index in [0.29, 0.717) is 12.5 Å². The smallest absolute Gasteiger partial charge is 0.133 e. The summed E-state index contributed by atoms with van der Waals surface area (Å²) < 4.78 is 11.6. The molecule has 3 atom stereocenters. The average Bonchev–Trinajstić information content (AvgIpc) is 2.88. The van der Waals surface area contributed by atoms with Gasteiger partial charge in [-0.25, -0.2) is 0 Å². The molecular formula is C28H40N2O3. The van der Waals surface area contributed by atoms with Crippen molar-refractivity contribution < 1.29 is 14.6 Å². The van der Waals surface area contributed by atoms with Crippen LogP contribution in [0.1, 0.15) is 50.5 Å². The van der Waals surface area contributed by atoms with Gasteiger partial charge in [0.05, 0.1) is 5.60 Å². The van der Waals surface area contributed by atoms with Gasteiger partial charge in [-0.15, -0.1) is 0 Å². The maximum Gasteiger partial charge on any atom is 0.133 e. The van der Waals surface area contributed by atoms with Crippen LogP contribution in [-0.4, -0.2) is 55.9 Å². The SMILES string of the molecule is COCCCCC(O)(c1ccccc1Oc1ccccc1)[C@@H]1CCCN(C2CCCNC2)C1. The third kappa shape index (κ3) is 6.15. The van der Waals surface area contributed by atoms with Gasteiger partial charge in [-0.3, -0.25) is 4.90 Å². The summed E-state index contributed by atoms with van der Waals surface area (Å²) in [4.78, 5) is 2.63. The fraction of sp³-hybridized carbons (Fsp3) is 0.571. The minimum absolute atomic E-state index is 0.177. The molecule has 5 heteroatoms. The largest absolute Gasteiger partial charge is 0.457 e. The predicted octanol–water partition coefficient (Wildman–Crippen LogP) is 4.95. The molecule has 2 saturated heterocycles. The summed E-state index contributed by atoms with van der Waals surface area (Å²) in [6.45, 7) is 4.98. The van der Waals surface area contributed by atoms with Crippen LogP contribution in [0.15, 0.2) is 54.6 Å². The van der Waals surface area contributed by atoms with Crippen molar-refractivity contribution in [1.29, 1.82) is 0 Å². The fourth-order valence-corrected chi connectivity index (χ4v) is 5.60. The summed E-state index contributed by atoms with van der Waals surface area (Å²) in [5.41, 5.74) is -0.0141. The molecule has 0 aromatic heterocycles. The Balaban J connectivity index is 1.60. The van der Waals surface area contributed by atoms with Gasteiger partial charge in [0.15, 0.2) is 0 Å². The van der Waals surface area contributed by atoms with Gasteiger partial charge in [-0.2, -0.15) is 0 Å². The molecule has 0 aliphatic carbocycles. The molecule has 0 saturated carbocycles. The maximum absolute atomic E-state index is 12.4. The van der Waals surface area contributed by atoms with Gasteiger partial charge in [0.1, 0.15) is 11.5 Å². The molecule has 2 unspecified atom stereocenters. The molecular weight excluding hydrogens is 412 g/mol. The van der Waals surface area contributed by atoms with Crippen LogP contribution in [0.3, 0.4) is 0 Å². The van der Waals surface area contributed by atoms with Crippen molar-refractivity contribution in [3.8, 4) is 11.5 Å². The fourth-order valence-electron chi connectivity index (χ4n) is 5.60. The first-order valence-corrected chi connectivity index (χ1v) is 12.7. The quantitative estimate of drug-likeness (QED) is 0.500. The van der Waals surface area contributed by atoms with Gasteiger partial charge in [0.25, 0.3) is 0 Å². The van der Waals surface area contributed by atoms with Crippen LogP contribution >= 0.6 is 0 Å². The second-order valence-corrected chi connectivity index (χ2v) is 9.62. The first-order chi connectivity index (χ1) is 16.2. The number of hydrogen-bond acceptors (Lipinski definition) is 5. The van der Waals surface area contributed by atoms with E-state index in [-0.39, 0.29) is 5.92 Å². The van der Waals surface area contributed by atoms with E-state index in [1.807, 2.05) is 48.5 Å². The molecule has 2 aromatic rings. The Bertz CT molecular complexity index is 840. The molecule has 33 heavy (non-hydrogen) atoms. The van der Waals surface area contributed by atoms with Crippen molar-refractivity contribution in [2.24, 2.45) is 5.92 Å². The van der Waals surface area contributed by atoms with E-state index >= 15 is 0 Å². The van der Waals surface area contributed by atoms with Crippen molar-refractivity contribution in [1.82, 2.24) is 10.2 Å². The number of benzene rings is 2. The zero-order valence-corrected chi connectivity index (χ0v) is 20.0. The van der Waals surface area contributed by atoms with E-state index in [0.717, 1.165) is 75.5 Å². The molecule has 0 radical (unpaired) electrons. The first-order valence-electron chi connectivity index (χ1n) is 12.7. The molecule has 2 fully saturated rings. The summed E-state index contributed by atoms with van der Waals surface area (Å²) in [7, 11) is 1.74. The van der Waals surface area contributed by atoms with Gasteiger partial charge in [-0.1, -0.05) is 36.4 Å². The monoisotopic (exact) mass is 452 g/mol. The Kier molecular flexibility index (Phi) is 8.79.